The van der Waals surface area contributed by atoms with Crippen LogP contribution in [-0.2, 0) is 13.1 Å². The van der Waals surface area contributed by atoms with Crippen LogP contribution in [0, 0.1) is 13.8 Å². The van der Waals surface area contributed by atoms with Crippen molar-refractivity contribution in [2.45, 2.75) is 91.0 Å². The van der Waals surface area contributed by atoms with Crippen LogP contribution in [0.3, 0.4) is 0 Å². The largest absolute Gasteiger partial charge is 0.351 e. The van der Waals surface area contributed by atoms with Gasteiger partial charge in [-0.3, -0.25) is 9.80 Å². The number of nitrogens with one attached hydrogen (secondary N) is 3. The van der Waals surface area contributed by atoms with E-state index in [-0.39, 0.29) is 7.43 Å². The van der Waals surface area contributed by atoms with Gasteiger partial charge in [-0.05, 0) is 102 Å². The number of nitrogens with zero attached hydrogens (tertiary/aromatic N) is 6. The molecule has 0 atom stereocenters. The van der Waals surface area contributed by atoms with Crippen molar-refractivity contribution in [2.24, 2.45) is 5.73 Å². The van der Waals surface area contributed by atoms with Gasteiger partial charge in [-0.1, -0.05) is 104 Å². The second-order valence-electron chi connectivity index (χ2n) is 15.7. The lowest BCUT2D eigenvalue weighted by molar-refractivity contribution is 0.205. The van der Waals surface area contributed by atoms with Crippen LogP contribution in [-0.4, -0.2) is 87.1 Å². The van der Waals surface area contributed by atoms with Gasteiger partial charge in [0, 0.05) is 55.1 Å². The maximum atomic E-state index is 5.86. The molecular weight excluding hydrogens is 717 g/mol. The molecule has 3 aliphatic heterocycles. The predicted molar refractivity (Wildman–Crippen MR) is 242 cm³/mol. The highest BCUT2D eigenvalue weighted by atomic mass is 15.2. The molecule has 0 spiro atoms. The summed E-state index contributed by atoms with van der Waals surface area (Å²) in [5.74, 6) is 1.52. The number of benzene rings is 4. The zero-order chi connectivity index (χ0) is 39.2. The fourth-order valence-corrected chi connectivity index (χ4v) is 7.96. The number of nitrogens with two attached hydrogens (primary N) is 1. The van der Waals surface area contributed by atoms with Gasteiger partial charge in [-0.2, -0.15) is 0 Å². The van der Waals surface area contributed by atoms with Crippen molar-refractivity contribution >= 4 is 33.7 Å². The summed E-state index contributed by atoms with van der Waals surface area (Å²) >= 11 is 0. The van der Waals surface area contributed by atoms with E-state index in [4.69, 9.17) is 5.73 Å². The van der Waals surface area contributed by atoms with Crippen molar-refractivity contribution < 1.29 is 0 Å². The highest BCUT2D eigenvalue weighted by Crippen LogP contribution is 2.21. The summed E-state index contributed by atoms with van der Waals surface area (Å²) in [6, 6.07) is 39.1. The Hall–Kier alpha value is -5.00. The number of para-hydroxylation sites is 2. The van der Waals surface area contributed by atoms with Crippen molar-refractivity contribution in [1.82, 2.24) is 35.1 Å². The Kier molecular flexibility index (Phi) is 15.9. The van der Waals surface area contributed by atoms with E-state index in [1.165, 1.54) is 11.1 Å². The average molecular weight is 781 g/mol. The number of aromatic nitrogens is 4. The molecule has 0 unspecified atom stereocenters. The molecule has 5 heterocycles. The van der Waals surface area contributed by atoms with Crippen LogP contribution in [0.1, 0.15) is 68.5 Å². The van der Waals surface area contributed by atoms with Crippen LogP contribution >= 0.6 is 0 Å². The Morgan fingerprint density at radius 3 is 1.40 bits per heavy atom. The van der Waals surface area contributed by atoms with E-state index in [0.717, 1.165) is 136 Å². The summed E-state index contributed by atoms with van der Waals surface area (Å²) in [4.78, 5) is 23.5. The monoisotopic (exact) mass is 781 g/mol. The Bertz CT molecular complexity index is 2110. The number of hydrogen-bond acceptors (Lipinski definition) is 10. The summed E-state index contributed by atoms with van der Waals surface area (Å²) in [6.07, 6.45) is 6.81. The van der Waals surface area contributed by atoms with Gasteiger partial charge in [0.15, 0.2) is 0 Å². The van der Waals surface area contributed by atoms with E-state index in [2.05, 4.69) is 131 Å². The summed E-state index contributed by atoms with van der Waals surface area (Å²) in [5.41, 5.74) is 12.8. The second-order valence-corrected chi connectivity index (χ2v) is 15.7. The first-order valence-electron chi connectivity index (χ1n) is 20.9. The van der Waals surface area contributed by atoms with Gasteiger partial charge in [-0.15, -0.1) is 0 Å². The van der Waals surface area contributed by atoms with Gasteiger partial charge in [0.2, 0.25) is 11.9 Å². The molecule has 3 saturated heterocycles. The van der Waals surface area contributed by atoms with Gasteiger partial charge < -0.3 is 21.7 Å². The minimum absolute atomic E-state index is 0. The molecule has 5 N–H and O–H groups in total. The molecule has 0 radical (unpaired) electrons. The number of hydrogen-bond donors (Lipinski definition) is 4. The molecule has 0 amide bonds. The molecule has 2 aromatic heterocycles. The van der Waals surface area contributed by atoms with Gasteiger partial charge >= 0.3 is 0 Å². The lowest BCUT2D eigenvalue weighted by Gasteiger charge is -2.32. The minimum Gasteiger partial charge on any atom is -0.351 e. The molecule has 4 aromatic carbocycles. The van der Waals surface area contributed by atoms with E-state index in [1.54, 1.807) is 0 Å². The van der Waals surface area contributed by atoms with E-state index < -0.39 is 0 Å². The Labute approximate surface area is 346 Å². The molecule has 6 aromatic rings. The molecule has 58 heavy (non-hydrogen) atoms. The van der Waals surface area contributed by atoms with Gasteiger partial charge in [0.05, 0.1) is 22.4 Å². The molecule has 9 rings (SSSR count). The van der Waals surface area contributed by atoms with Crippen molar-refractivity contribution in [3.8, 4) is 0 Å². The molecule has 10 heteroatoms. The zero-order valence-corrected chi connectivity index (χ0v) is 33.8. The van der Waals surface area contributed by atoms with Gasteiger partial charge in [-0.25, -0.2) is 19.9 Å². The highest BCUT2D eigenvalue weighted by Gasteiger charge is 2.20. The highest BCUT2D eigenvalue weighted by molar-refractivity contribution is 5.82. The maximum absolute atomic E-state index is 5.86. The van der Waals surface area contributed by atoms with Crippen molar-refractivity contribution in [3.63, 3.8) is 0 Å². The molecule has 3 aliphatic rings. The Morgan fingerprint density at radius 1 is 0.534 bits per heavy atom. The van der Waals surface area contributed by atoms with Crippen LogP contribution < -0.4 is 21.7 Å². The first-order chi connectivity index (χ1) is 27.9. The number of rotatable bonds is 8. The first-order valence-corrected chi connectivity index (χ1v) is 20.9. The third-order valence-electron chi connectivity index (χ3n) is 11.3. The summed E-state index contributed by atoms with van der Waals surface area (Å²) in [5, 5.41) is 12.6. The van der Waals surface area contributed by atoms with E-state index in [0.29, 0.717) is 18.1 Å². The molecule has 10 nitrogen and oxygen atoms in total. The number of anilines is 2. The van der Waals surface area contributed by atoms with Crippen LogP contribution in [0.5, 0.6) is 0 Å². The summed E-state index contributed by atoms with van der Waals surface area (Å²) in [6.45, 7) is 12.9. The standard InChI is InChI=1S/C21H24N4.C14H18N4.C12H18N2.CH4/c1-16-19-9-5-6-10-20(19)24-21(22-16)23-18-11-13-25(14-12-18)15-17-7-3-2-4-8-17;1-10-12-4-2-3-5-13(12)18-14(16-10)17-11-6-8-15-9-7-11;13-12-6-8-14(9-7-12)10-11-4-2-1-3-5-11;/h2-10,18H,11-15H2,1H3,(H,22,23,24);2-5,11,15H,6-9H2,1H3,(H,16,17,18);1-5,12H,6-10,13H2;1H4. The van der Waals surface area contributed by atoms with E-state index in [9.17, 15) is 0 Å². The molecule has 0 bridgehead atoms. The molecule has 0 saturated carbocycles. The second kappa shape index (κ2) is 21.7. The molecular formula is C48H64N10. The Morgan fingerprint density at radius 2 is 0.931 bits per heavy atom. The third-order valence-corrected chi connectivity index (χ3v) is 11.3. The van der Waals surface area contributed by atoms with Gasteiger partial charge in [0.1, 0.15) is 0 Å². The maximum Gasteiger partial charge on any atom is 0.223 e. The quantitative estimate of drug-likeness (QED) is 0.120. The SMILES string of the molecule is C.Cc1nc(NC2CCN(Cc3ccccc3)CC2)nc2ccccc12.Cc1nc(NC2CCNCC2)nc2ccccc12.NC1CCN(Cc2ccccc2)CC1. The van der Waals surface area contributed by atoms with E-state index >= 15 is 0 Å². The number of fused-ring (bicyclic) bond motifs is 2. The van der Waals surface area contributed by atoms with Gasteiger partial charge in [0.25, 0.3) is 0 Å². The van der Waals surface area contributed by atoms with Crippen molar-refractivity contribution in [1.29, 1.82) is 0 Å². The fourth-order valence-electron chi connectivity index (χ4n) is 7.96. The van der Waals surface area contributed by atoms with E-state index in [1.807, 2.05) is 37.3 Å². The predicted octanol–water partition coefficient (Wildman–Crippen LogP) is 8.36. The smallest absolute Gasteiger partial charge is 0.223 e. The van der Waals surface area contributed by atoms with Crippen LogP contribution in [0.4, 0.5) is 11.9 Å². The van der Waals surface area contributed by atoms with Crippen molar-refractivity contribution in [2.75, 3.05) is 49.9 Å². The summed E-state index contributed by atoms with van der Waals surface area (Å²) < 4.78 is 0. The van der Waals surface area contributed by atoms with Crippen molar-refractivity contribution in [3.05, 3.63) is 132 Å². The molecule has 306 valence electrons. The minimum atomic E-state index is 0. The first kappa shape index (κ1) is 42.6. The van der Waals surface area contributed by atoms with Crippen LogP contribution in [0.2, 0.25) is 0 Å². The molecule has 3 fully saturated rings. The molecule has 0 aliphatic carbocycles. The normalized spacial score (nSPS) is 17.0. The average Bonchev–Trinajstić information content (AvgIpc) is 3.24. The number of likely N-dealkylation sites (tertiary alicyclic amines) is 2. The zero-order valence-electron chi connectivity index (χ0n) is 33.8. The lowest BCUT2D eigenvalue weighted by Crippen LogP contribution is -2.39. The van der Waals surface area contributed by atoms with Crippen LogP contribution in [0.25, 0.3) is 21.8 Å². The number of piperidine rings is 3. The van der Waals surface area contributed by atoms with Crippen LogP contribution in [0.15, 0.2) is 109 Å². The third kappa shape index (κ3) is 12.5. The topological polar surface area (TPSA) is 120 Å². The lowest BCUT2D eigenvalue weighted by atomic mass is 10.0. The Balaban J connectivity index is 0.000000152. The number of aryl methyl sites for hydroxylation is 2. The summed E-state index contributed by atoms with van der Waals surface area (Å²) in [7, 11) is 0. The fraction of sp³-hybridized carbons (Fsp3) is 0.417.